The first kappa shape index (κ1) is 23.4. The highest BCUT2D eigenvalue weighted by Gasteiger charge is 2.42. The van der Waals surface area contributed by atoms with Gasteiger partial charge in [-0.15, -0.1) is 5.10 Å². The molecule has 10 heteroatoms. The third-order valence-corrected chi connectivity index (χ3v) is 6.34. The summed E-state index contributed by atoms with van der Waals surface area (Å²) in [6.45, 7) is 4.83. The summed E-state index contributed by atoms with van der Waals surface area (Å²) in [5.74, 6) is 2.60. The maximum absolute atomic E-state index is 11.7. The third-order valence-electron chi connectivity index (χ3n) is 6.34. The number of carbonyl (C=O) groups is 1. The average molecular weight is 483 g/mol. The average Bonchev–Trinajstić information content (AvgIpc) is 3.31. The van der Waals surface area contributed by atoms with Gasteiger partial charge in [-0.1, -0.05) is 6.07 Å². The van der Waals surface area contributed by atoms with Crippen LogP contribution in [0.3, 0.4) is 0 Å². The van der Waals surface area contributed by atoms with Crippen molar-refractivity contribution in [3.8, 4) is 17.2 Å². The molecular weight excluding hydrogens is 452 g/mol. The Hall–Kier alpha value is -3.34. The number of morpholine rings is 1. The molecule has 10 nitrogen and oxygen atoms in total. The molecule has 186 valence electrons. The van der Waals surface area contributed by atoms with Crippen LogP contribution < -0.4 is 14.2 Å². The summed E-state index contributed by atoms with van der Waals surface area (Å²) in [7, 11) is 3.28. The van der Waals surface area contributed by atoms with E-state index in [9.17, 15) is 4.79 Å². The number of hydrogen-bond donors (Lipinski definition) is 0. The van der Waals surface area contributed by atoms with Crippen molar-refractivity contribution < 1.29 is 28.5 Å². The third kappa shape index (κ3) is 5.04. The molecule has 2 fully saturated rings. The van der Waals surface area contributed by atoms with Crippen molar-refractivity contribution in [3.05, 3.63) is 53.6 Å². The van der Waals surface area contributed by atoms with Crippen LogP contribution in [0.4, 0.5) is 0 Å². The molecule has 3 heterocycles. The van der Waals surface area contributed by atoms with Crippen LogP contribution in [0.15, 0.2) is 47.6 Å². The lowest BCUT2D eigenvalue weighted by Crippen LogP contribution is -2.60. The predicted octanol–water partition coefficient (Wildman–Crippen LogP) is 2.08. The van der Waals surface area contributed by atoms with Crippen LogP contribution in [0.1, 0.15) is 17.5 Å². The topological polar surface area (TPSA) is 85.3 Å². The molecule has 0 aliphatic carbocycles. The lowest BCUT2D eigenvalue weighted by atomic mass is 10.1. The highest BCUT2D eigenvalue weighted by Crippen LogP contribution is 2.32. The molecule has 3 aliphatic rings. The van der Waals surface area contributed by atoms with Crippen LogP contribution in [0.25, 0.3) is 0 Å². The van der Waals surface area contributed by atoms with Gasteiger partial charge in [0.15, 0.2) is 12.5 Å². The van der Waals surface area contributed by atoms with E-state index >= 15 is 0 Å². The van der Waals surface area contributed by atoms with Gasteiger partial charge in [-0.3, -0.25) is 9.69 Å². The first-order valence-corrected chi connectivity index (χ1v) is 11.7. The zero-order valence-electron chi connectivity index (χ0n) is 20.0. The second kappa shape index (κ2) is 10.5. The van der Waals surface area contributed by atoms with Gasteiger partial charge < -0.3 is 23.7 Å². The molecule has 2 atom stereocenters. The largest absolute Gasteiger partial charge is 0.497 e. The Kier molecular flexibility index (Phi) is 7.03. The molecule has 5 rings (SSSR count). The predicted molar refractivity (Wildman–Crippen MR) is 127 cm³/mol. The quantitative estimate of drug-likeness (QED) is 0.499. The van der Waals surface area contributed by atoms with Crippen molar-refractivity contribution in [1.29, 1.82) is 0 Å². The van der Waals surface area contributed by atoms with Gasteiger partial charge in [-0.25, -0.2) is 0 Å². The zero-order chi connectivity index (χ0) is 24.2. The summed E-state index contributed by atoms with van der Waals surface area (Å²) >= 11 is 0. The van der Waals surface area contributed by atoms with Crippen molar-refractivity contribution in [2.75, 3.05) is 47.1 Å². The Bertz CT molecular complexity index is 1060. The standard InChI is InChI=1S/C25H30N4O6/c1-31-20-6-3-18(4-7-20)25-26-29(24(17-30)35-25)28-10-9-23(28)34-21-8-5-19(22(15-21)32-2)16-27-11-13-33-14-12-27/h3-8,15,17,23-24H,9-14,16H2,1-2H3. The van der Waals surface area contributed by atoms with E-state index in [4.69, 9.17) is 23.7 Å². The maximum Gasteiger partial charge on any atom is 0.260 e. The molecule has 0 N–H and O–H groups in total. The molecule has 2 saturated heterocycles. The van der Waals surface area contributed by atoms with Crippen LogP contribution >= 0.6 is 0 Å². The highest BCUT2D eigenvalue weighted by atomic mass is 16.6. The summed E-state index contributed by atoms with van der Waals surface area (Å²) in [6, 6.07) is 13.3. The molecule has 0 radical (unpaired) electrons. The Morgan fingerprint density at radius 1 is 1.03 bits per heavy atom. The number of nitrogens with zero attached hydrogens (tertiary/aromatic N) is 4. The number of hydrazine groups is 1. The van der Waals surface area contributed by atoms with Gasteiger partial charge in [-0.2, -0.15) is 10.1 Å². The van der Waals surface area contributed by atoms with E-state index in [0.717, 1.165) is 68.2 Å². The van der Waals surface area contributed by atoms with E-state index in [1.54, 1.807) is 19.3 Å². The minimum Gasteiger partial charge on any atom is -0.497 e. The first-order chi connectivity index (χ1) is 17.2. The van der Waals surface area contributed by atoms with Gasteiger partial charge in [0.05, 0.1) is 27.4 Å². The molecule has 0 aromatic heterocycles. The maximum atomic E-state index is 11.7. The molecule has 2 aromatic carbocycles. The molecule has 0 spiro atoms. The fourth-order valence-corrected chi connectivity index (χ4v) is 4.27. The normalized spacial score (nSPS) is 22.7. The number of hydrogen-bond acceptors (Lipinski definition) is 10. The number of aldehydes is 1. The number of benzene rings is 2. The number of hydrazone groups is 1. The fraction of sp³-hybridized carbons (Fsp3) is 0.440. The molecule has 3 aliphatic heterocycles. The van der Waals surface area contributed by atoms with E-state index in [1.807, 2.05) is 47.5 Å². The Morgan fingerprint density at radius 3 is 2.46 bits per heavy atom. The molecule has 2 aromatic rings. The Morgan fingerprint density at radius 2 is 1.80 bits per heavy atom. The summed E-state index contributed by atoms with van der Waals surface area (Å²) in [5.41, 5.74) is 1.87. The van der Waals surface area contributed by atoms with E-state index in [2.05, 4.69) is 10.0 Å². The van der Waals surface area contributed by atoms with E-state index < -0.39 is 6.23 Å². The van der Waals surface area contributed by atoms with Crippen LogP contribution in [-0.4, -0.2) is 86.7 Å². The molecule has 0 saturated carbocycles. The van der Waals surface area contributed by atoms with E-state index in [1.165, 1.54) is 0 Å². The van der Waals surface area contributed by atoms with Gasteiger partial charge in [0.25, 0.3) is 6.23 Å². The lowest BCUT2D eigenvalue weighted by Gasteiger charge is -2.44. The number of carbonyl (C=O) groups excluding carboxylic acids is 1. The number of methoxy groups -OCH3 is 2. The summed E-state index contributed by atoms with van der Waals surface area (Å²) in [6.07, 6.45) is 0.422. The lowest BCUT2D eigenvalue weighted by molar-refractivity contribution is -0.218. The molecule has 0 bridgehead atoms. The second-order valence-corrected chi connectivity index (χ2v) is 8.48. The summed E-state index contributed by atoms with van der Waals surface area (Å²) in [5, 5.41) is 8.01. The van der Waals surface area contributed by atoms with Gasteiger partial charge in [-0.05, 0) is 30.3 Å². The van der Waals surface area contributed by atoms with Crippen LogP contribution in [-0.2, 0) is 20.8 Å². The van der Waals surface area contributed by atoms with Crippen molar-refractivity contribution in [2.45, 2.75) is 25.4 Å². The van der Waals surface area contributed by atoms with E-state index in [-0.39, 0.29) is 6.23 Å². The first-order valence-electron chi connectivity index (χ1n) is 11.7. The zero-order valence-corrected chi connectivity index (χ0v) is 20.0. The van der Waals surface area contributed by atoms with Crippen LogP contribution in [0.2, 0.25) is 0 Å². The van der Waals surface area contributed by atoms with Crippen molar-refractivity contribution >= 4 is 12.2 Å². The van der Waals surface area contributed by atoms with Gasteiger partial charge >= 0.3 is 0 Å². The van der Waals surface area contributed by atoms with E-state index in [0.29, 0.717) is 18.2 Å². The van der Waals surface area contributed by atoms with Gasteiger partial charge in [0, 0.05) is 49.8 Å². The second-order valence-electron chi connectivity index (χ2n) is 8.48. The Labute approximate surface area is 204 Å². The molecule has 2 unspecified atom stereocenters. The van der Waals surface area contributed by atoms with Gasteiger partial charge in [0.2, 0.25) is 5.90 Å². The van der Waals surface area contributed by atoms with Crippen LogP contribution in [0.5, 0.6) is 17.2 Å². The monoisotopic (exact) mass is 482 g/mol. The number of ether oxygens (including phenoxy) is 5. The molecule has 35 heavy (non-hydrogen) atoms. The van der Waals surface area contributed by atoms with Crippen molar-refractivity contribution in [2.24, 2.45) is 5.10 Å². The van der Waals surface area contributed by atoms with Crippen molar-refractivity contribution in [3.63, 3.8) is 0 Å². The molecular formula is C25H30N4O6. The SMILES string of the molecule is COc1ccc(C2=NN(N3CCC3Oc3ccc(CN4CCOCC4)c(OC)c3)C(C=O)O2)cc1. The number of rotatable bonds is 9. The minimum atomic E-state index is -0.844. The van der Waals surface area contributed by atoms with Crippen molar-refractivity contribution in [1.82, 2.24) is 15.0 Å². The summed E-state index contributed by atoms with van der Waals surface area (Å²) in [4.78, 5) is 14.1. The Balaban J connectivity index is 1.26. The minimum absolute atomic E-state index is 0.269. The highest BCUT2D eigenvalue weighted by molar-refractivity contribution is 5.95. The van der Waals surface area contributed by atoms with Crippen LogP contribution in [0, 0.1) is 0 Å². The smallest absolute Gasteiger partial charge is 0.260 e. The van der Waals surface area contributed by atoms with Gasteiger partial charge in [0.1, 0.15) is 17.2 Å². The molecule has 0 amide bonds. The fourth-order valence-electron chi connectivity index (χ4n) is 4.27. The summed E-state index contributed by atoms with van der Waals surface area (Å²) < 4.78 is 28.3.